The summed E-state index contributed by atoms with van der Waals surface area (Å²) in [4.78, 5) is 11.3. The quantitative estimate of drug-likeness (QED) is 0.845. The van der Waals surface area contributed by atoms with Crippen LogP contribution in [0, 0.1) is 0 Å². The number of H-pyrrole nitrogens is 1. The second-order valence-electron chi connectivity index (χ2n) is 4.45. The van der Waals surface area contributed by atoms with E-state index in [2.05, 4.69) is 10.2 Å². The second kappa shape index (κ2) is 5.56. The van der Waals surface area contributed by atoms with Crippen molar-refractivity contribution in [1.82, 2.24) is 14.5 Å². The van der Waals surface area contributed by atoms with Gasteiger partial charge in [-0.05, 0) is 19.1 Å². The van der Waals surface area contributed by atoms with E-state index in [1.165, 1.54) is 42.5 Å². The Balaban J connectivity index is 2.23. The van der Waals surface area contributed by atoms with Gasteiger partial charge in [-0.25, -0.2) is 8.42 Å². The number of rotatable bonds is 5. The van der Waals surface area contributed by atoms with Crippen LogP contribution in [-0.2, 0) is 16.6 Å². The van der Waals surface area contributed by atoms with E-state index < -0.39 is 10.0 Å². The number of aromatic nitrogens is 2. The monoisotopic (exact) mass is 293 g/mol. The van der Waals surface area contributed by atoms with Crippen molar-refractivity contribution >= 4 is 15.8 Å². The summed E-state index contributed by atoms with van der Waals surface area (Å²) >= 11 is 0. The molecule has 6 nitrogen and oxygen atoms in total. The summed E-state index contributed by atoms with van der Waals surface area (Å²) in [6.45, 7) is 1.67. The molecular weight excluding hydrogens is 278 g/mol. The maximum Gasteiger partial charge on any atom is 0.243 e. The summed E-state index contributed by atoms with van der Waals surface area (Å²) < 4.78 is 25.9. The van der Waals surface area contributed by atoms with Crippen molar-refractivity contribution < 1.29 is 13.2 Å². The minimum atomic E-state index is -3.58. The van der Waals surface area contributed by atoms with Gasteiger partial charge in [0.1, 0.15) is 0 Å². The van der Waals surface area contributed by atoms with Gasteiger partial charge in [0.05, 0.1) is 11.1 Å². The van der Waals surface area contributed by atoms with Gasteiger partial charge in [-0.2, -0.15) is 9.40 Å². The molecule has 0 atom stereocenters. The molecule has 1 heterocycles. The smallest absolute Gasteiger partial charge is 0.243 e. The number of aromatic amines is 1. The molecule has 0 aliphatic carbocycles. The number of hydrogen-bond donors (Lipinski definition) is 1. The molecule has 0 amide bonds. The number of hydrogen-bond acceptors (Lipinski definition) is 4. The van der Waals surface area contributed by atoms with Crippen LogP contribution in [0.5, 0.6) is 0 Å². The Morgan fingerprint density at radius 3 is 2.45 bits per heavy atom. The average Bonchev–Trinajstić information content (AvgIpc) is 2.91. The first-order valence-corrected chi connectivity index (χ1v) is 7.40. The lowest BCUT2D eigenvalue weighted by Crippen LogP contribution is -2.26. The van der Waals surface area contributed by atoms with Crippen LogP contribution in [0.25, 0.3) is 0 Å². The summed E-state index contributed by atoms with van der Waals surface area (Å²) in [7, 11) is -2.08. The van der Waals surface area contributed by atoms with Gasteiger partial charge in [0.25, 0.3) is 0 Å². The number of ketones is 1. The first kappa shape index (κ1) is 14.4. The number of carbonyl (C=O) groups excluding carboxylic acids is 1. The van der Waals surface area contributed by atoms with E-state index in [-0.39, 0.29) is 17.2 Å². The SMILES string of the molecule is CC(=O)c1ccc(S(=O)(=O)N(C)Cc2cn[nH]c2)cc1. The van der Waals surface area contributed by atoms with Crippen LogP contribution in [0.1, 0.15) is 22.8 Å². The molecule has 0 spiro atoms. The molecule has 0 saturated carbocycles. The highest BCUT2D eigenvalue weighted by molar-refractivity contribution is 7.89. The van der Waals surface area contributed by atoms with Gasteiger partial charge in [0, 0.05) is 30.9 Å². The standard InChI is InChI=1S/C13H15N3O3S/c1-10(17)12-3-5-13(6-4-12)20(18,19)16(2)9-11-7-14-15-8-11/h3-8H,9H2,1-2H3,(H,14,15). The maximum absolute atomic E-state index is 12.3. The highest BCUT2D eigenvalue weighted by Crippen LogP contribution is 2.17. The molecule has 0 aliphatic heterocycles. The van der Waals surface area contributed by atoms with Crippen molar-refractivity contribution in [2.75, 3.05) is 7.05 Å². The van der Waals surface area contributed by atoms with E-state index >= 15 is 0 Å². The van der Waals surface area contributed by atoms with Gasteiger partial charge in [-0.15, -0.1) is 0 Å². The zero-order valence-corrected chi connectivity index (χ0v) is 12.0. The van der Waals surface area contributed by atoms with Crippen molar-refractivity contribution in [2.45, 2.75) is 18.4 Å². The van der Waals surface area contributed by atoms with Crippen molar-refractivity contribution in [3.8, 4) is 0 Å². The van der Waals surface area contributed by atoms with Crippen LogP contribution in [0.15, 0.2) is 41.6 Å². The Bertz CT molecular complexity index is 691. The number of nitrogens with one attached hydrogen (secondary N) is 1. The van der Waals surface area contributed by atoms with Crippen molar-refractivity contribution in [1.29, 1.82) is 0 Å². The molecule has 20 heavy (non-hydrogen) atoms. The molecule has 7 heteroatoms. The fraction of sp³-hybridized carbons (Fsp3) is 0.231. The van der Waals surface area contributed by atoms with E-state index in [1.54, 1.807) is 12.4 Å². The molecule has 2 aromatic rings. The highest BCUT2D eigenvalue weighted by atomic mass is 32.2. The van der Waals surface area contributed by atoms with Gasteiger partial charge in [0.15, 0.2) is 5.78 Å². The molecule has 1 aromatic heterocycles. The molecule has 0 unspecified atom stereocenters. The normalized spacial score (nSPS) is 11.8. The van der Waals surface area contributed by atoms with Gasteiger partial charge in [0.2, 0.25) is 10.0 Å². The number of carbonyl (C=O) groups is 1. The lowest BCUT2D eigenvalue weighted by atomic mass is 10.2. The number of Topliss-reactive ketones (excluding diaryl/α,β-unsaturated/α-hetero) is 1. The molecule has 0 saturated heterocycles. The highest BCUT2D eigenvalue weighted by Gasteiger charge is 2.21. The van der Waals surface area contributed by atoms with E-state index in [1.807, 2.05) is 0 Å². The van der Waals surface area contributed by atoms with Crippen LogP contribution >= 0.6 is 0 Å². The number of sulfonamides is 1. The van der Waals surface area contributed by atoms with Crippen LogP contribution in [0.3, 0.4) is 0 Å². The maximum atomic E-state index is 12.3. The van der Waals surface area contributed by atoms with Crippen molar-refractivity contribution in [2.24, 2.45) is 0 Å². The van der Waals surface area contributed by atoms with E-state index in [4.69, 9.17) is 0 Å². The summed E-state index contributed by atoms with van der Waals surface area (Å²) in [5.74, 6) is -0.0966. The van der Waals surface area contributed by atoms with Crippen molar-refractivity contribution in [3.63, 3.8) is 0 Å². The topological polar surface area (TPSA) is 83.1 Å². The van der Waals surface area contributed by atoms with Gasteiger partial charge in [-0.3, -0.25) is 9.89 Å². The average molecular weight is 293 g/mol. The van der Waals surface area contributed by atoms with E-state index in [0.717, 1.165) is 5.56 Å². The largest absolute Gasteiger partial charge is 0.295 e. The molecule has 1 N–H and O–H groups in total. The summed E-state index contributed by atoms with van der Waals surface area (Å²) in [5.41, 5.74) is 1.26. The molecule has 0 aliphatic rings. The van der Waals surface area contributed by atoms with Gasteiger partial charge in [-0.1, -0.05) is 12.1 Å². The zero-order valence-electron chi connectivity index (χ0n) is 11.2. The lowest BCUT2D eigenvalue weighted by Gasteiger charge is -2.16. The van der Waals surface area contributed by atoms with Crippen LogP contribution < -0.4 is 0 Å². The van der Waals surface area contributed by atoms with Crippen LogP contribution in [0.2, 0.25) is 0 Å². The Labute approximate surface area is 117 Å². The van der Waals surface area contributed by atoms with E-state index in [9.17, 15) is 13.2 Å². The predicted octanol–water partition coefficient (Wildman–Crippen LogP) is 1.43. The lowest BCUT2D eigenvalue weighted by molar-refractivity contribution is 0.101. The second-order valence-corrected chi connectivity index (χ2v) is 6.49. The molecular formula is C13H15N3O3S. The molecule has 0 radical (unpaired) electrons. The first-order chi connectivity index (χ1) is 9.41. The molecule has 0 fully saturated rings. The third-order valence-corrected chi connectivity index (χ3v) is 4.75. The van der Waals surface area contributed by atoms with Crippen LogP contribution in [-0.4, -0.2) is 35.8 Å². The third kappa shape index (κ3) is 2.94. The Kier molecular flexibility index (Phi) is 4.01. The number of nitrogens with zero attached hydrogens (tertiary/aromatic N) is 2. The molecule has 2 rings (SSSR count). The molecule has 0 bridgehead atoms. The Hall–Kier alpha value is -1.99. The molecule has 106 valence electrons. The Morgan fingerprint density at radius 2 is 1.95 bits per heavy atom. The zero-order chi connectivity index (χ0) is 14.8. The minimum absolute atomic E-state index is 0.0966. The van der Waals surface area contributed by atoms with E-state index in [0.29, 0.717) is 5.56 Å². The van der Waals surface area contributed by atoms with Gasteiger partial charge < -0.3 is 0 Å². The first-order valence-electron chi connectivity index (χ1n) is 5.96. The van der Waals surface area contributed by atoms with Crippen molar-refractivity contribution in [3.05, 3.63) is 47.8 Å². The summed E-state index contributed by atoms with van der Waals surface area (Å²) in [6, 6.07) is 5.91. The summed E-state index contributed by atoms with van der Waals surface area (Å²) in [5, 5.41) is 6.41. The third-order valence-electron chi connectivity index (χ3n) is 2.93. The molecule has 1 aromatic carbocycles. The minimum Gasteiger partial charge on any atom is -0.295 e. The fourth-order valence-corrected chi connectivity index (χ4v) is 2.91. The number of benzene rings is 1. The van der Waals surface area contributed by atoms with Crippen LogP contribution in [0.4, 0.5) is 0 Å². The van der Waals surface area contributed by atoms with Gasteiger partial charge >= 0.3 is 0 Å². The predicted molar refractivity (Wildman–Crippen MR) is 73.7 cm³/mol. The Morgan fingerprint density at radius 1 is 1.30 bits per heavy atom. The summed E-state index contributed by atoms with van der Waals surface area (Å²) in [6.07, 6.45) is 3.22. The fourth-order valence-electron chi connectivity index (χ4n) is 1.75.